The fourth-order valence-corrected chi connectivity index (χ4v) is 2.23. The summed E-state index contributed by atoms with van der Waals surface area (Å²) in [6.45, 7) is 4.44. The topological polar surface area (TPSA) is 83.8 Å². The smallest absolute Gasteiger partial charge is 0.342 e. The lowest BCUT2D eigenvalue weighted by Gasteiger charge is -2.11. The van der Waals surface area contributed by atoms with Crippen molar-refractivity contribution in [3.05, 3.63) is 47.6 Å². The standard InChI is InChI=1S/C17H18O5.C3H8/c18-13-7-5-3-1-2-4-6-8-22-17(21)16-12(9-13)10-14(19)11-15(16)20;1-3-2/h2,4-5,7,10-11,19-20H,1,3,6,8-9H2;3H2,1-2H3/b4-2+,7-5+;. The minimum absolute atomic E-state index is 0.0689. The van der Waals surface area contributed by atoms with Gasteiger partial charge in [0.25, 0.3) is 0 Å². The number of ketones is 1. The van der Waals surface area contributed by atoms with Gasteiger partial charge in [0.2, 0.25) is 0 Å². The molecule has 5 heteroatoms. The number of rotatable bonds is 0. The fraction of sp³-hybridized carbons (Fsp3) is 0.400. The van der Waals surface area contributed by atoms with Crippen LogP contribution in [0.1, 0.15) is 55.5 Å². The maximum Gasteiger partial charge on any atom is 0.342 e. The highest BCUT2D eigenvalue weighted by atomic mass is 16.5. The lowest BCUT2D eigenvalue weighted by molar-refractivity contribution is -0.114. The Hall–Kier alpha value is -2.56. The number of hydrogen-bond donors (Lipinski definition) is 2. The summed E-state index contributed by atoms with van der Waals surface area (Å²) < 4.78 is 5.11. The first kappa shape index (κ1) is 20.5. The minimum Gasteiger partial charge on any atom is -0.508 e. The highest BCUT2D eigenvalue weighted by Gasteiger charge is 2.20. The molecule has 2 N–H and O–H groups in total. The number of carbonyl (C=O) groups is 2. The molecule has 1 heterocycles. The molecule has 0 aliphatic carbocycles. The molecule has 0 fully saturated rings. The molecule has 5 nitrogen and oxygen atoms in total. The van der Waals surface area contributed by atoms with Crippen LogP contribution in [0.3, 0.4) is 0 Å². The first-order chi connectivity index (χ1) is 12.0. The molecule has 0 saturated carbocycles. The number of phenols is 2. The van der Waals surface area contributed by atoms with Crippen LogP contribution in [0.4, 0.5) is 0 Å². The van der Waals surface area contributed by atoms with Gasteiger partial charge < -0.3 is 14.9 Å². The van der Waals surface area contributed by atoms with Gasteiger partial charge in [0.15, 0.2) is 5.78 Å². The van der Waals surface area contributed by atoms with Crippen LogP contribution in [0.2, 0.25) is 0 Å². The Morgan fingerprint density at radius 3 is 2.36 bits per heavy atom. The fourth-order valence-electron chi connectivity index (χ4n) is 2.23. The van der Waals surface area contributed by atoms with Crippen LogP contribution in [-0.4, -0.2) is 28.6 Å². The number of hydrogen-bond acceptors (Lipinski definition) is 5. The average molecular weight is 346 g/mol. The summed E-state index contributed by atoms with van der Waals surface area (Å²) >= 11 is 0. The van der Waals surface area contributed by atoms with E-state index in [9.17, 15) is 19.8 Å². The third-order valence-corrected chi connectivity index (χ3v) is 3.24. The Morgan fingerprint density at radius 1 is 1.00 bits per heavy atom. The molecule has 0 atom stereocenters. The normalized spacial score (nSPS) is 18.0. The van der Waals surface area contributed by atoms with E-state index in [4.69, 9.17) is 4.74 Å². The van der Waals surface area contributed by atoms with Crippen molar-refractivity contribution in [1.29, 1.82) is 0 Å². The average Bonchev–Trinajstić information content (AvgIpc) is 2.52. The van der Waals surface area contributed by atoms with Crippen LogP contribution in [0, 0.1) is 0 Å². The second-order valence-electron chi connectivity index (χ2n) is 5.72. The van der Waals surface area contributed by atoms with Crippen LogP contribution in [0.5, 0.6) is 11.5 Å². The summed E-state index contributed by atoms with van der Waals surface area (Å²) in [6.07, 6.45) is 10.4. The summed E-state index contributed by atoms with van der Waals surface area (Å²) in [5.41, 5.74) is 0.186. The molecule has 1 aromatic carbocycles. The van der Waals surface area contributed by atoms with Crippen molar-refractivity contribution in [3.63, 3.8) is 0 Å². The highest BCUT2D eigenvalue weighted by molar-refractivity contribution is 5.98. The number of ether oxygens (including phenoxy) is 1. The van der Waals surface area contributed by atoms with Crippen LogP contribution >= 0.6 is 0 Å². The molecule has 0 bridgehead atoms. The number of cyclic esters (lactones) is 1. The van der Waals surface area contributed by atoms with Crippen molar-refractivity contribution in [2.75, 3.05) is 6.61 Å². The molecule has 2 rings (SSSR count). The maximum atomic E-state index is 12.1. The molecule has 1 aromatic rings. The van der Waals surface area contributed by atoms with Crippen molar-refractivity contribution in [1.82, 2.24) is 0 Å². The zero-order valence-electron chi connectivity index (χ0n) is 14.8. The number of benzene rings is 1. The van der Waals surface area contributed by atoms with E-state index in [0.29, 0.717) is 6.42 Å². The van der Waals surface area contributed by atoms with E-state index >= 15 is 0 Å². The van der Waals surface area contributed by atoms with Gasteiger partial charge in [-0.15, -0.1) is 0 Å². The molecule has 0 radical (unpaired) electrons. The van der Waals surface area contributed by atoms with Crippen molar-refractivity contribution in [2.45, 2.75) is 46.0 Å². The Balaban J connectivity index is 0.000000970. The molecule has 0 aromatic heterocycles. The largest absolute Gasteiger partial charge is 0.508 e. The lowest BCUT2D eigenvalue weighted by atomic mass is 10.00. The van der Waals surface area contributed by atoms with E-state index in [1.165, 1.54) is 18.6 Å². The monoisotopic (exact) mass is 346 g/mol. The van der Waals surface area contributed by atoms with Gasteiger partial charge in [-0.25, -0.2) is 4.79 Å². The molecule has 1 aliphatic rings. The van der Waals surface area contributed by atoms with Gasteiger partial charge in [-0.05, 0) is 37.0 Å². The van der Waals surface area contributed by atoms with E-state index in [1.54, 1.807) is 6.08 Å². The number of allylic oxidation sites excluding steroid dienone is 3. The summed E-state index contributed by atoms with van der Waals surface area (Å²) in [5, 5.41) is 19.5. The van der Waals surface area contributed by atoms with Crippen molar-refractivity contribution >= 4 is 11.8 Å². The number of esters is 1. The Morgan fingerprint density at radius 2 is 1.64 bits per heavy atom. The maximum absolute atomic E-state index is 12.1. The molecular weight excluding hydrogens is 320 g/mol. The molecule has 1 aliphatic heterocycles. The molecule has 0 spiro atoms. The first-order valence-electron chi connectivity index (χ1n) is 8.55. The molecular formula is C20H26O5. The number of fused-ring (bicyclic) bond motifs is 1. The molecule has 136 valence electrons. The predicted molar refractivity (Wildman–Crippen MR) is 96.9 cm³/mol. The summed E-state index contributed by atoms with van der Waals surface area (Å²) in [4.78, 5) is 24.0. The van der Waals surface area contributed by atoms with Gasteiger partial charge in [-0.2, -0.15) is 0 Å². The molecule has 0 unspecified atom stereocenters. The molecule has 0 saturated heterocycles. The van der Waals surface area contributed by atoms with Crippen molar-refractivity contribution in [3.8, 4) is 11.5 Å². The number of carbonyl (C=O) groups excluding carboxylic acids is 2. The quantitative estimate of drug-likeness (QED) is 0.546. The van der Waals surface area contributed by atoms with Crippen LogP contribution in [0.25, 0.3) is 0 Å². The Labute approximate surface area is 148 Å². The summed E-state index contributed by atoms with van der Waals surface area (Å²) in [5.74, 6) is -1.50. The number of phenolic OH excluding ortho intramolecular Hbond substituents is 2. The minimum atomic E-state index is -0.699. The molecule has 0 amide bonds. The Kier molecular flexibility index (Phi) is 9.07. The lowest BCUT2D eigenvalue weighted by Crippen LogP contribution is -2.12. The second-order valence-corrected chi connectivity index (χ2v) is 5.72. The van der Waals surface area contributed by atoms with Gasteiger partial charge >= 0.3 is 5.97 Å². The first-order valence-corrected chi connectivity index (χ1v) is 8.55. The van der Waals surface area contributed by atoms with Crippen LogP contribution < -0.4 is 0 Å². The van der Waals surface area contributed by atoms with Gasteiger partial charge in [-0.1, -0.05) is 38.5 Å². The summed E-state index contributed by atoms with van der Waals surface area (Å²) in [7, 11) is 0. The van der Waals surface area contributed by atoms with Gasteiger partial charge in [0, 0.05) is 12.5 Å². The van der Waals surface area contributed by atoms with Crippen molar-refractivity contribution in [2.24, 2.45) is 0 Å². The SMILES string of the molecule is CCC.O=C1/C=C/CC/C=C/CCOC(=O)c2c(O)cc(O)cc2C1. The van der Waals surface area contributed by atoms with E-state index < -0.39 is 5.97 Å². The summed E-state index contributed by atoms with van der Waals surface area (Å²) in [6, 6.07) is 2.36. The number of aromatic hydroxyl groups is 2. The molecule has 25 heavy (non-hydrogen) atoms. The third kappa shape index (κ3) is 7.25. The second kappa shape index (κ2) is 11.1. The highest BCUT2D eigenvalue weighted by Crippen LogP contribution is 2.28. The van der Waals surface area contributed by atoms with Crippen LogP contribution in [0.15, 0.2) is 36.4 Å². The van der Waals surface area contributed by atoms with E-state index in [0.717, 1.165) is 18.9 Å². The predicted octanol–water partition coefficient (Wildman–Crippen LogP) is 4.08. The van der Waals surface area contributed by atoms with Gasteiger partial charge in [0.05, 0.1) is 6.61 Å². The zero-order chi connectivity index (χ0) is 18.7. The zero-order valence-corrected chi connectivity index (χ0v) is 14.8. The third-order valence-electron chi connectivity index (χ3n) is 3.24. The van der Waals surface area contributed by atoms with Gasteiger partial charge in [0.1, 0.15) is 17.1 Å². The van der Waals surface area contributed by atoms with E-state index in [2.05, 4.69) is 13.8 Å². The van der Waals surface area contributed by atoms with E-state index in [1.807, 2.05) is 12.2 Å². The van der Waals surface area contributed by atoms with Crippen molar-refractivity contribution < 1.29 is 24.5 Å². The Bertz CT molecular complexity index is 644. The van der Waals surface area contributed by atoms with Gasteiger partial charge in [-0.3, -0.25) is 4.79 Å². The van der Waals surface area contributed by atoms with Crippen LogP contribution in [-0.2, 0) is 16.0 Å². The van der Waals surface area contributed by atoms with E-state index in [-0.39, 0.29) is 41.4 Å².